The topological polar surface area (TPSA) is 55.1 Å². The molecule has 0 saturated heterocycles. The summed E-state index contributed by atoms with van der Waals surface area (Å²) in [6.07, 6.45) is 1.08. The average Bonchev–Trinajstić information content (AvgIpc) is 2.30. The van der Waals surface area contributed by atoms with Crippen molar-refractivity contribution >= 4 is 5.91 Å². The second-order valence-electron chi connectivity index (χ2n) is 4.19. The number of rotatable bonds is 5. The van der Waals surface area contributed by atoms with Crippen LogP contribution in [0.2, 0.25) is 0 Å². The molecule has 94 valence electrons. The van der Waals surface area contributed by atoms with Crippen LogP contribution in [0.3, 0.4) is 0 Å². The fourth-order valence-electron chi connectivity index (χ4n) is 1.54. The summed E-state index contributed by atoms with van der Waals surface area (Å²) in [4.78, 5) is 11.5. The van der Waals surface area contributed by atoms with Crippen LogP contribution in [0.5, 0.6) is 0 Å². The summed E-state index contributed by atoms with van der Waals surface area (Å²) in [6.45, 7) is 4.05. The molecule has 0 aliphatic heterocycles. The van der Waals surface area contributed by atoms with Crippen molar-refractivity contribution in [2.75, 3.05) is 6.54 Å². The van der Waals surface area contributed by atoms with E-state index in [0.717, 1.165) is 5.56 Å². The van der Waals surface area contributed by atoms with Crippen LogP contribution in [-0.2, 0) is 4.79 Å². The van der Waals surface area contributed by atoms with Crippen molar-refractivity contribution in [2.45, 2.75) is 32.7 Å². The van der Waals surface area contributed by atoms with E-state index in [1.165, 1.54) is 6.07 Å². The summed E-state index contributed by atoms with van der Waals surface area (Å²) in [5.41, 5.74) is 6.70. The van der Waals surface area contributed by atoms with Crippen LogP contribution in [0.1, 0.15) is 36.9 Å². The van der Waals surface area contributed by atoms with Crippen molar-refractivity contribution in [1.82, 2.24) is 5.32 Å². The van der Waals surface area contributed by atoms with Gasteiger partial charge in [-0.3, -0.25) is 4.79 Å². The number of amides is 1. The maximum Gasteiger partial charge on any atom is 0.220 e. The zero-order valence-corrected chi connectivity index (χ0v) is 10.3. The number of carbonyl (C=O) groups excluding carboxylic acids is 1. The quantitative estimate of drug-likeness (QED) is 0.825. The lowest BCUT2D eigenvalue weighted by Gasteiger charge is -2.14. The fraction of sp³-hybridized carbons (Fsp3) is 0.462. The van der Waals surface area contributed by atoms with Crippen molar-refractivity contribution in [2.24, 2.45) is 5.73 Å². The van der Waals surface area contributed by atoms with Gasteiger partial charge in [-0.15, -0.1) is 0 Å². The van der Waals surface area contributed by atoms with Crippen LogP contribution in [0.15, 0.2) is 18.2 Å². The molecule has 4 heteroatoms. The smallest absolute Gasteiger partial charge is 0.220 e. The zero-order chi connectivity index (χ0) is 12.8. The minimum absolute atomic E-state index is 0.0519. The van der Waals surface area contributed by atoms with Gasteiger partial charge in [-0.05, 0) is 44.0 Å². The number of hydrogen-bond donors (Lipinski definition) is 2. The maximum absolute atomic E-state index is 13.4. The normalized spacial score (nSPS) is 12.2. The van der Waals surface area contributed by atoms with E-state index in [0.29, 0.717) is 24.9 Å². The minimum Gasteiger partial charge on any atom is -0.350 e. The van der Waals surface area contributed by atoms with Gasteiger partial charge in [0.15, 0.2) is 0 Å². The number of halogens is 1. The molecular weight excluding hydrogens is 219 g/mol. The summed E-state index contributed by atoms with van der Waals surface area (Å²) in [6, 6.07) is 4.82. The third-order valence-corrected chi connectivity index (χ3v) is 2.68. The first-order valence-electron chi connectivity index (χ1n) is 5.80. The third-order valence-electron chi connectivity index (χ3n) is 2.68. The summed E-state index contributed by atoms with van der Waals surface area (Å²) < 4.78 is 13.4. The van der Waals surface area contributed by atoms with Crippen molar-refractivity contribution in [3.8, 4) is 0 Å². The SMILES string of the molecule is Cc1ccc(C(C)NC(=O)CCCN)cc1F. The number of aryl methyl sites for hydroxylation is 1. The molecule has 1 aromatic carbocycles. The van der Waals surface area contributed by atoms with Crippen molar-refractivity contribution in [3.05, 3.63) is 35.1 Å². The Morgan fingerprint density at radius 1 is 1.53 bits per heavy atom. The van der Waals surface area contributed by atoms with Gasteiger partial charge in [-0.2, -0.15) is 0 Å². The Hall–Kier alpha value is -1.42. The van der Waals surface area contributed by atoms with E-state index >= 15 is 0 Å². The van der Waals surface area contributed by atoms with Crippen molar-refractivity contribution in [3.63, 3.8) is 0 Å². The Balaban J connectivity index is 2.60. The maximum atomic E-state index is 13.4. The predicted molar refractivity (Wildman–Crippen MR) is 66.0 cm³/mol. The molecule has 1 atom stereocenters. The monoisotopic (exact) mass is 238 g/mol. The zero-order valence-electron chi connectivity index (χ0n) is 10.3. The molecule has 0 aliphatic rings. The standard InChI is InChI=1S/C13H19FN2O/c1-9-5-6-11(8-12(9)14)10(2)16-13(17)4-3-7-15/h5-6,8,10H,3-4,7,15H2,1-2H3,(H,16,17). The van der Waals surface area contributed by atoms with Gasteiger partial charge in [0.05, 0.1) is 6.04 Å². The van der Waals surface area contributed by atoms with Crippen LogP contribution in [0, 0.1) is 12.7 Å². The summed E-state index contributed by atoms with van der Waals surface area (Å²) >= 11 is 0. The molecule has 1 rings (SSSR count). The Bertz CT molecular complexity index is 393. The molecule has 0 heterocycles. The summed E-state index contributed by atoms with van der Waals surface area (Å²) in [7, 11) is 0. The third kappa shape index (κ3) is 4.15. The van der Waals surface area contributed by atoms with Gasteiger partial charge in [0.25, 0.3) is 0 Å². The van der Waals surface area contributed by atoms with E-state index in [9.17, 15) is 9.18 Å². The molecule has 0 radical (unpaired) electrons. The molecule has 0 saturated carbocycles. The minimum atomic E-state index is -0.245. The molecule has 1 unspecified atom stereocenters. The number of carbonyl (C=O) groups is 1. The lowest BCUT2D eigenvalue weighted by Crippen LogP contribution is -2.27. The Morgan fingerprint density at radius 2 is 2.24 bits per heavy atom. The molecule has 17 heavy (non-hydrogen) atoms. The lowest BCUT2D eigenvalue weighted by molar-refractivity contribution is -0.121. The predicted octanol–water partition coefficient (Wildman–Crippen LogP) is 2.05. The summed E-state index contributed by atoms with van der Waals surface area (Å²) in [5, 5.41) is 2.82. The highest BCUT2D eigenvalue weighted by Gasteiger charge is 2.10. The second-order valence-corrected chi connectivity index (χ2v) is 4.19. The molecule has 0 aliphatic carbocycles. The van der Waals surface area contributed by atoms with Gasteiger partial charge < -0.3 is 11.1 Å². The Morgan fingerprint density at radius 3 is 2.82 bits per heavy atom. The Kier molecular flexibility index (Phi) is 5.10. The molecule has 0 spiro atoms. The fourth-order valence-corrected chi connectivity index (χ4v) is 1.54. The first kappa shape index (κ1) is 13.6. The van der Waals surface area contributed by atoms with E-state index < -0.39 is 0 Å². The first-order chi connectivity index (χ1) is 8.04. The van der Waals surface area contributed by atoms with Gasteiger partial charge in [0.2, 0.25) is 5.91 Å². The molecule has 0 aromatic heterocycles. The highest BCUT2D eigenvalue weighted by Crippen LogP contribution is 2.16. The van der Waals surface area contributed by atoms with Gasteiger partial charge in [-0.1, -0.05) is 12.1 Å². The largest absolute Gasteiger partial charge is 0.350 e. The molecule has 1 amide bonds. The molecule has 0 fully saturated rings. The van der Waals surface area contributed by atoms with E-state index in [4.69, 9.17) is 5.73 Å². The van der Waals surface area contributed by atoms with E-state index in [-0.39, 0.29) is 17.8 Å². The summed E-state index contributed by atoms with van der Waals surface area (Å²) in [5.74, 6) is -0.297. The Labute approximate surface area is 101 Å². The number of nitrogens with one attached hydrogen (secondary N) is 1. The number of hydrogen-bond acceptors (Lipinski definition) is 2. The van der Waals surface area contributed by atoms with Crippen LogP contribution in [-0.4, -0.2) is 12.5 Å². The molecule has 3 N–H and O–H groups in total. The highest BCUT2D eigenvalue weighted by atomic mass is 19.1. The van der Waals surface area contributed by atoms with E-state index in [2.05, 4.69) is 5.32 Å². The second kappa shape index (κ2) is 6.35. The van der Waals surface area contributed by atoms with Crippen molar-refractivity contribution in [1.29, 1.82) is 0 Å². The van der Waals surface area contributed by atoms with E-state index in [1.807, 2.05) is 13.0 Å². The average molecular weight is 238 g/mol. The van der Waals surface area contributed by atoms with Crippen LogP contribution >= 0.6 is 0 Å². The first-order valence-corrected chi connectivity index (χ1v) is 5.80. The van der Waals surface area contributed by atoms with Gasteiger partial charge >= 0.3 is 0 Å². The van der Waals surface area contributed by atoms with Crippen molar-refractivity contribution < 1.29 is 9.18 Å². The van der Waals surface area contributed by atoms with E-state index in [1.54, 1.807) is 13.0 Å². The van der Waals surface area contributed by atoms with Crippen LogP contribution in [0.25, 0.3) is 0 Å². The van der Waals surface area contributed by atoms with Gasteiger partial charge in [-0.25, -0.2) is 4.39 Å². The molecule has 0 bridgehead atoms. The molecular formula is C13H19FN2O. The molecule has 3 nitrogen and oxygen atoms in total. The molecule has 1 aromatic rings. The lowest BCUT2D eigenvalue weighted by atomic mass is 10.1. The number of nitrogens with two attached hydrogens (primary N) is 1. The highest BCUT2D eigenvalue weighted by molar-refractivity contribution is 5.76. The van der Waals surface area contributed by atoms with Gasteiger partial charge in [0.1, 0.15) is 5.82 Å². The van der Waals surface area contributed by atoms with Crippen LogP contribution in [0.4, 0.5) is 4.39 Å². The number of benzene rings is 1. The van der Waals surface area contributed by atoms with Crippen LogP contribution < -0.4 is 11.1 Å². The van der Waals surface area contributed by atoms with Gasteiger partial charge in [0, 0.05) is 6.42 Å².